The minimum absolute atomic E-state index is 0.163. The number of carbonyl (C=O) groups is 1. The molecule has 4 heteroatoms. The van der Waals surface area contributed by atoms with Crippen LogP contribution in [-0.2, 0) is 6.61 Å². The standard InChI is InChI=1S/C23H18N2O2/c26-23(25-21-10-4-6-18-7-5-15-24-22(18)21)19-13-11-17(12-14-19)16-27-20-8-2-1-3-9-20/h1-15H,16H2,(H,25,26). The summed E-state index contributed by atoms with van der Waals surface area (Å²) in [5, 5.41) is 3.94. The van der Waals surface area contributed by atoms with E-state index in [0.29, 0.717) is 17.9 Å². The zero-order valence-corrected chi connectivity index (χ0v) is 14.6. The molecule has 0 saturated carbocycles. The first kappa shape index (κ1) is 16.8. The molecule has 4 rings (SSSR count). The molecular weight excluding hydrogens is 336 g/mol. The van der Waals surface area contributed by atoms with E-state index in [4.69, 9.17) is 4.74 Å². The summed E-state index contributed by atoms with van der Waals surface area (Å²) in [6.45, 7) is 0.457. The van der Waals surface area contributed by atoms with Crippen molar-refractivity contribution in [3.8, 4) is 5.75 Å². The average molecular weight is 354 g/mol. The molecule has 1 N–H and O–H groups in total. The maximum Gasteiger partial charge on any atom is 0.255 e. The van der Waals surface area contributed by atoms with E-state index in [1.807, 2.05) is 72.8 Å². The number of rotatable bonds is 5. The fraction of sp³-hybridized carbons (Fsp3) is 0.0435. The van der Waals surface area contributed by atoms with Crippen LogP contribution < -0.4 is 10.1 Å². The fourth-order valence-electron chi connectivity index (χ4n) is 2.84. The number of fused-ring (bicyclic) bond motifs is 1. The van der Waals surface area contributed by atoms with Crippen LogP contribution in [0, 0.1) is 0 Å². The third kappa shape index (κ3) is 3.96. The number of para-hydroxylation sites is 2. The molecule has 1 aromatic heterocycles. The lowest BCUT2D eigenvalue weighted by Gasteiger charge is -2.09. The van der Waals surface area contributed by atoms with Crippen LogP contribution in [-0.4, -0.2) is 10.9 Å². The Hall–Kier alpha value is -3.66. The van der Waals surface area contributed by atoms with Crippen molar-refractivity contribution in [2.75, 3.05) is 5.32 Å². The second kappa shape index (κ2) is 7.70. The summed E-state index contributed by atoms with van der Waals surface area (Å²) in [6, 6.07) is 26.7. The van der Waals surface area contributed by atoms with Crippen molar-refractivity contribution in [1.82, 2.24) is 4.98 Å². The van der Waals surface area contributed by atoms with Crippen molar-refractivity contribution < 1.29 is 9.53 Å². The van der Waals surface area contributed by atoms with Crippen molar-refractivity contribution in [3.05, 3.63) is 102 Å². The summed E-state index contributed by atoms with van der Waals surface area (Å²) in [5.74, 6) is 0.659. The van der Waals surface area contributed by atoms with E-state index in [-0.39, 0.29) is 5.91 Å². The van der Waals surface area contributed by atoms with Gasteiger partial charge in [0, 0.05) is 17.1 Å². The number of anilines is 1. The van der Waals surface area contributed by atoms with Gasteiger partial charge in [0.15, 0.2) is 0 Å². The van der Waals surface area contributed by atoms with Crippen LogP contribution in [0.25, 0.3) is 10.9 Å². The number of pyridine rings is 1. The van der Waals surface area contributed by atoms with Crippen LogP contribution >= 0.6 is 0 Å². The number of benzene rings is 3. The second-order valence-corrected chi connectivity index (χ2v) is 6.13. The highest BCUT2D eigenvalue weighted by Gasteiger charge is 2.09. The van der Waals surface area contributed by atoms with Gasteiger partial charge in [-0.15, -0.1) is 0 Å². The Kier molecular flexibility index (Phi) is 4.79. The van der Waals surface area contributed by atoms with Gasteiger partial charge in [-0.3, -0.25) is 9.78 Å². The highest BCUT2D eigenvalue weighted by atomic mass is 16.5. The Morgan fingerprint density at radius 2 is 1.63 bits per heavy atom. The summed E-state index contributed by atoms with van der Waals surface area (Å²) in [4.78, 5) is 16.9. The monoisotopic (exact) mass is 354 g/mol. The number of aromatic nitrogens is 1. The predicted molar refractivity (Wildman–Crippen MR) is 107 cm³/mol. The Morgan fingerprint density at radius 1 is 0.852 bits per heavy atom. The molecule has 3 aromatic carbocycles. The molecule has 0 aliphatic rings. The normalized spacial score (nSPS) is 10.5. The lowest BCUT2D eigenvalue weighted by Crippen LogP contribution is -2.12. The molecule has 0 aliphatic carbocycles. The number of amides is 1. The molecule has 4 aromatic rings. The highest BCUT2D eigenvalue weighted by molar-refractivity contribution is 6.08. The van der Waals surface area contributed by atoms with E-state index in [1.54, 1.807) is 18.3 Å². The number of nitrogens with zero attached hydrogens (tertiary/aromatic N) is 1. The number of hydrogen-bond acceptors (Lipinski definition) is 3. The van der Waals surface area contributed by atoms with Gasteiger partial charge in [0.2, 0.25) is 0 Å². The summed E-state index contributed by atoms with van der Waals surface area (Å²) in [6.07, 6.45) is 1.72. The smallest absolute Gasteiger partial charge is 0.255 e. The van der Waals surface area contributed by atoms with Gasteiger partial charge < -0.3 is 10.1 Å². The fourth-order valence-corrected chi connectivity index (χ4v) is 2.84. The van der Waals surface area contributed by atoms with Gasteiger partial charge in [-0.05, 0) is 42.0 Å². The number of ether oxygens (including phenoxy) is 1. The zero-order chi connectivity index (χ0) is 18.5. The van der Waals surface area contributed by atoms with Crippen LogP contribution in [0.1, 0.15) is 15.9 Å². The van der Waals surface area contributed by atoms with Crippen LogP contribution in [0.4, 0.5) is 5.69 Å². The zero-order valence-electron chi connectivity index (χ0n) is 14.6. The molecule has 0 radical (unpaired) electrons. The minimum atomic E-state index is -0.163. The van der Waals surface area contributed by atoms with Crippen LogP contribution in [0.3, 0.4) is 0 Å². The summed E-state index contributed by atoms with van der Waals surface area (Å²) in [7, 11) is 0. The van der Waals surface area contributed by atoms with E-state index in [1.165, 1.54) is 0 Å². The van der Waals surface area contributed by atoms with Crippen LogP contribution in [0.5, 0.6) is 5.75 Å². The molecule has 27 heavy (non-hydrogen) atoms. The van der Waals surface area contributed by atoms with Gasteiger partial charge in [-0.2, -0.15) is 0 Å². The molecule has 1 heterocycles. The average Bonchev–Trinajstić information content (AvgIpc) is 2.74. The minimum Gasteiger partial charge on any atom is -0.489 e. The van der Waals surface area contributed by atoms with Crippen molar-refractivity contribution in [2.24, 2.45) is 0 Å². The third-order valence-electron chi connectivity index (χ3n) is 4.25. The summed E-state index contributed by atoms with van der Waals surface area (Å²) in [5.41, 5.74) is 3.07. The summed E-state index contributed by atoms with van der Waals surface area (Å²) >= 11 is 0. The second-order valence-electron chi connectivity index (χ2n) is 6.13. The molecule has 0 bridgehead atoms. The van der Waals surface area contributed by atoms with Crippen molar-refractivity contribution in [3.63, 3.8) is 0 Å². The van der Waals surface area contributed by atoms with Crippen LogP contribution in [0.15, 0.2) is 91.1 Å². The summed E-state index contributed by atoms with van der Waals surface area (Å²) < 4.78 is 5.73. The Morgan fingerprint density at radius 3 is 2.44 bits per heavy atom. The molecule has 0 fully saturated rings. The molecule has 1 amide bonds. The van der Waals surface area contributed by atoms with E-state index in [9.17, 15) is 4.79 Å². The van der Waals surface area contributed by atoms with Crippen molar-refractivity contribution in [1.29, 1.82) is 0 Å². The third-order valence-corrected chi connectivity index (χ3v) is 4.25. The molecule has 132 valence electrons. The Labute approximate surface area is 157 Å². The van der Waals surface area contributed by atoms with E-state index >= 15 is 0 Å². The first-order valence-corrected chi connectivity index (χ1v) is 8.71. The number of carbonyl (C=O) groups excluding carboxylic acids is 1. The first-order chi connectivity index (χ1) is 13.3. The topological polar surface area (TPSA) is 51.2 Å². The van der Waals surface area contributed by atoms with Gasteiger partial charge in [-0.25, -0.2) is 0 Å². The lowest BCUT2D eigenvalue weighted by molar-refractivity contribution is 0.102. The molecule has 0 atom stereocenters. The van der Waals surface area contributed by atoms with Crippen LogP contribution in [0.2, 0.25) is 0 Å². The molecule has 0 saturated heterocycles. The number of nitrogens with one attached hydrogen (secondary N) is 1. The molecule has 0 unspecified atom stereocenters. The maximum atomic E-state index is 12.6. The predicted octanol–water partition coefficient (Wildman–Crippen LogP) is 5.07. The van der Waals surface area contributed by atoms with Gasteiger partial charge in [0.1, 0.15) is 12.4 Å². The van der Waals surface area contributed by atoms with Gasteiger partial charge in [0.05, 0.1) is 11.2 Å². The molecule has 0 aliphatic heterocycles. The molecule has 0 spiro atoms. The maximum absolute atomic E-state index is 12.6. The Balaban J connectivity index is 1.44. The van der Waals surface area contributed by atoms with E-state index in [2.05, 4.69) is 10.3 Å². The SMILES string of the molecule is O=C(Nc1cccc2cccnc12)c1ccc(COc2ccccc2)cc1. The van der Waals surface area contributed by atoms with Gasteiger partial charge in [-0.1, -0.05) is 48.5 Å². The largest absolute Gasteiger partial charge is 0.489 e. The first-order valence-electron chi connectivity index (χ1n) is 8.71. The van der Waals surface area contributed by atoms with Gasteiger partial charge >= 0.3 is 0 Å². The van der Waals surface area contributed by atoms with E-state index < -0.39 is 0 Å². The highest BCUT2D eigenvalue weighted by Crippen LogP contribution is 2.21. The molecule has 4 nitrogen and oxygen atoms in total. The lowest BCUT2D eigenvalue weighted by atomic mass is 10.1. The quantitative estimate of drug-likeness (QED) is 0.545. The number of hydrogen-bond donors (Lipinski definition) is 1. The van der Waals surface area contributed by atoms with E-state index in [0.717, 1.165) is 22.2 Å². The molecular formula is C23H18N2O2. The van der Waals surface area contributed by atoms with Gasteiger partial charge in [0.25, 0.3) is 5.91 Å². The Bertz CT molecular complexity index is 1060. The van der Waals surface area contributed by atoms with Crippen molar-refractivity contribution >= 4 is 22.5 Å². The van der Waals surface area contributed by atoms with Crippen molar-refractivity contribution in [2.45, 2.75) is 6.61 Å².